The van der Waals surface area contributed by atoms with Gasteiger partial charge in [-0.1, -0.05) is 42.5 Å². The minimum Gasteiger partial charge on any atom is -0.325 e. The van der Waals surface area contributed by atoms with Crippen LogP contribution in [0.4, 0.5) is 16.0 Å². The van der Waals surface area contributed by atoms with Crippen LogP contribution >= 0.6 is 19.5 Å². The number of aromatic amines is 1. The predicted octanol–water partition coefficient (Wildman–Crippen LogP) is 6.35. The van der Waals surface area contributed by atoms with Gasteiger partial charge < -0.3 is 19.4 Å². The first-order chi connectivity index (χ1) is 19.7. The molecule has 3 aromatic carbocycles. The zero-order chi connectivity index (χ0) is 28.7. The van der Waals surface area contributed by atoms with Crippen LogP contribution in [0.25, 0.3) is 27.9 Å². The molecular weight excluding hydrogens is 572 g/mol. The van der Waals surface area contributed by atoms with Crippen molar-refractivity contribution in [2.75, 3.05) is 37.3 Å². The number of halogens is 2. The highest BCUT2D eigenvalue weighted by atomic mass is 35.5. The van der Waals surface area contributed by atoms with Crippen LogP contribution in [0, 0.1) is 19.7 Å². The fraction of sp³-hybridized carbons (Fsp3) is 0.250. The van der Waals surface area contributed by atoms with Gasteiger partial charge in [0.05, 0.1) is 16.4 Å². The van der Waals surface area contributed by atoms with Crippen LogP contribution < -0.4 is 16.2 Å². The lowest BCUT2D eigenvalue weighted by molar-refractivity contribution is 0.328. The molecule has 42 heavy (non-hydrogen) atoms. The maximum Gasteiger partial charge on any atom is 0.258 e. The van der Waals surface area contributed by atoms with E-state index in [1.54, 1.807) is 6.07 Å². The van der Waals surface area contributed by atoms with Crippen molar-refractivity contribution in [3.63, 3.8) is 0 Å². The van der Waals surface area contributed by atoms with Crippen molar-refractivity contribution in [1.82, 2.24) is 19.4 Å². The van der Waals surface area contributed by atoms with Crippen LogP contribution in [-0.4, -0.2) is 51.4 Å². The number of hydrogen-bond donors (Lipinski definition) is 2. The van der Waals surface area contributed by atoms with Gasteiger partial charge in [-0.05, 0) is 60.7 Å². The van der Waals surface area contributed by atoms with Crippen LogP contribution in [0.15, 0.2) is 71.5 Å². The van der Waals surface area contributed by atoms with Crippen LogP contribution in [-0.2, 0) is 11.6 Å². The number of rotatable bonds is 6. The largest absolute Gasteiger partial charge is 0.325 e. The first-order valence-corrected chi connectivity index (χ1v) is 15.9. The third kappa shape index (κ3) is 5.54. The Kier molecular flexibility index (Phi) is 8.42. The monoisotopic (exact) mass is 605 g/mol. The molecule has 218 valence electrons. The molecule has 0 unspecified atom stereocenters. The number of aromatic nitrogens is 3. The second-order valence-electron chi connectivity index (χ2n) is 10.8. The van der Waals surface area contributed by atoms with E-state index >= 15 is 0 Å². The van der Waals surface area contributed by atoms with Crippen molar-refractivity contribution < 1.29 is 8.96 Å². The van der Waals surface area contributed by atoms with Gasteiger partial charge in [0.25, 0.3) is 5.56 Å². The van der Waals surface area contributed by atoms with E-state index in [0.29, 0.717) is 29.2 Å². The van der Waals surface area contributed by atoms with E-state index in [4.69, 9.17) is 4.98 Å². The maximum absolute atomic E-state index is 13.6. The molecule has 0 atom stereocenters. The Hall–Kier alpha value is -3.71. The lowest BCUT2D eigenvalue weighted by Gasteiger charge is -2.31. The summed E-state index contributed by atoms with van der Waals surface area (Å²) in [5.41, 5.74) is 4.54. The van der Waals surface area contributed by atoms with Gasteiger partial charge in [0.2, 0.25) is 5.95 Å². The van der Waals surface area contributed by atoms with Gasteiger partial charge in [0.1, 0.15) is 13.0 Å². The van der Waals surface area contributed by atoms with Crippen molar-refractivity contribution >= 4 is 64.4 Å². The van der Waals surface area contributed by atoms with Crippen molar-refractivity contribution in [2.24, 2.45) is 7.05 Å². The summed E-state index contributed by atoms with van der Waals surface area (Å²) in [6, 6.07) is 18.3. The standard InChI is InChI=1S/C32H33FN5O2P.ClH/c1-21-20-23(33)11-13-26(21)35-32-36-28-14-12-25-22(2)27(34-31(39)29(25)30(28)37(32)3)10-7-15-38-16-18-41(40,19-17-38)24-8-5-4-6-9-24;/h4-14,20H,15-19H2,1-3H3,(H,34,39)(H,35,36);1H. The molecular formula is C32H34ClFN5O2P. The van der Waals surface area contributed by atoms with E-state index in [1.807, 2.05) is 74.0 Å². The van der Waals surface area contributed by atoms with Crippen LogP contribution in [0.3, 0.4) is 0 Å². The molecule has 1 saturated heterocycles. The van der Waals surface area contributed by atoms with Crippen LogP contribution in [0.2, 0.25) is 0 Å². The Morgan fingerprint density at radius 1 is 1.07 bits per heavy atom. The first kappa shape index (κ1) is 29.8. The lowest BCUT2D eigenvalue weighted by Crippen LogP contribution is -2.37. The summed E-state index contributed by atoms with van der Waals surface area (Å²) in [5, 5.41) is 5.72. The Morgan fingerprint density at radius 3 is 2.52 bits per heavy atom. The molecule has 0 spiro atoms. The highest BCUT2D eigenvalue weighted by molar-refractivity contribution is 7.71. The van der Waals surface area contributed by atoms with Gasteiger partial charge >= 0.3 is 0 Å². The average molecular weight is 606 g/mol. The molecule has 0 radical (unpaired) electrons. The second kappa shape index (κ2) is 11.9. The van der Waals surface area contributed by atoms with Crippen LogP contribution in [0.1, 0.15) is 16.8 Å². The topological polar surface area (TPSA) is 83.0 Å². The van der Waals surface area contributed by atoms with E-state index in [-0.39, 0.29) is 23.8 Å². The predicted molar refractivity (Wildman–Crippen MR) is 174 cm³/mol. The Labute approximate surface area is 250 Å². The Balaban J connectivity index is 0.00000353. The number of anilines is 2. The molecule has 1 aliphatic heterocycles. The van der Waals surface area contributed by atoms with Gasteiger partial charge in [0, 0.05) is 55.7 Å². The quantitative estimate of drug-likeness (QED) is 0.220. The zero-order valence-electron chi connectivity index (χ0n) is 23.9. The minimum atomic E-state index is -2.32. The Bertz CT molecular complexity index is 1910. The number of benzene rings is 3. The summed E-state index contributed by atoms with van der Waals surface area (Å²) in [5.74, 6) is 0.280. The number of fused-ring (bicyclic) bond motifs is 3. The SMILES string of the molecule is Cc1cc(F)ccc1Nc1nc2ccc3c(C)c(C=CCN4CCP(=O)(c5ccccc5)CC4)[nH]c(=O)c3c2n1C.Cl. The van der Waals surface area contributed by atoms with Crippen LogP contribution in [0.5, 0.6) is 0 Å². The highest BCUT2D eigenvalue weighted by Gasteiger charge is 2.29. The van der Waals surface area contributed by atoms with Crippen molar-refractivity contribution in [2.45, 2.75) is 13.8 Å². The molecule has 2 aromatic heterocycles. The van der Waals surface area contributed by atoms with Crippen molar-refractivity contribution in [3.05, 3.63) is 99.7 Å². The van der Waals surface area contributed by atoms with Gasteiger partial charge in [-0.15, -0.1) is 12.4 Å². The molecule has 5 aromatic rings. The summed E-state index contributed by atoms with van der Waals surface area (Å²) in [7, 11) is -0.453. The van der Waals surface area contributed by atoms with Gasteiger partial charge in [-0.2, -0.15) is 0 Å². The molecule has 0 bridgehead atoms. The number of nitrogens with zero attached hydrogens (tertiary/aromatic N) is 3. The van der Waals surface area contributed by atoms with Gasteiger partial charge in [0.15, 0.2) is 0 Å². The fourth-order valence-electron chi connectivity index (χ4n) is 5.73. The molecule has 0 saturated carbocycles. The number of H-pyrrole nitrogens is 1. The van der Waals surface area contributed by atoms with E-state index < -0.39 is 7.14 Å². The number of nitrogens with one attached hydrogen (secondary N) is 2. The normalized spacial score (nSPS) is 15.3. The fourth-order valence-corrected chi connectivity index (χ4v) is 8.39. The smallest absolute Gasteiger partial charge is 0.258 e. The summed E-state index contributed by atoms with van der Waals surface area (Å²) in [4.78, 5) is 23.5. The third-order valence-corrected chi connectivity index (χ3v) is 11.3. The minimum absolute atomic E-state index is 0. The van der Waals surface area contributed by atoms with E-state index in [2.05, 4.69) is 21.3 Å². The van der Waals surface area contributed by atoms with Crippen molar-refractivity contribution in [3.8, 4) is 0 Å². The molecule has 6 rings (SSSR count). The molecule has 0 aliphatic carbocycles. The average Bonchev–Trinajstić information content (AvgIpc) is 3.29. The summed E-state index contributed by atoms with van der Waals surface area (Å²) < 4.78 is 28.9. The van der Waals surface area contributed by atoms with Gasteiger partial charge in [-0.3, -0.25) is 9.69 Å². The summed E-state index contributed by atoms with van der Waals surface area (Å²) in [6.45, 7) is 6.15. The highest BCUT2D eigenvalue weighted by Crippen LogP contribution is 2.46. The van der Waals surface area contributed by atoms with Gasteiger partial charge in [-0.25, -0.2) is 9.37 Å². The van der Waals surface area contributed by atoms with E-state index in [1.165, 1.54) is 12.1 Å². The second-order valence-corrected chi connectivity index (χ2v) is 14.0. The number of pyridine rings is 1. The van der Waals surface area contributed by atoms with E-state index in [0.717, 1.165) is 58.3 Å². The summed E-state index contributed by atoms with van der Waals surface area (Å²) >= 11 is 0. The molecule has 2 N–H and O–H groups in total. The Morgan fingerprint density at radius 2 is 1.81 bits per heavy atom. The zero-order valence-corrected chi connectivity index (χ0v) is 25.6. The van der Waals surface area contributed by atoms with Crippen molar-refractivity contribution in [1.29, 1.82) is 0 Å². The number of aryl methyl sites for hydroxylation is 3. The number of hydrogen-bond acceptors (Lipinski definition) is 5. The molecule has 3 heterocycles. The molecule has 1 aliphatic rings. The third-order valence-electron chi connectivity index (χ3n) is 8.18. The molecule has 0 amide bonds. The lowest BCUT2D eigenvalue weighted by atomic mass is 10.0. The maximum atomic E-state index is 13.6. The van der Waals surface area contributed by atoms with E-state index in [9.17, 15) is 13.8 Å². The number of imidazole rings is 1. The summed E-state index contributed by atoms with van der Waals surface area (Å²) in [6.07, 6.45) is 5.42. The molecule has 7 nitrogen and oxygen atoms in total. The molecule has 1 fully saturated rings. The molecule has 10 heteroatoms. The first-order valence-electron chi connectivity index (χ1n) is 13.8.